The lowest BCUT2D eigenvalue weighted by molar-refractivity contribution is -0.147. The summed E-state index contributed by atoms with van der Waals surface area (Å²) in [4.78, 5) is 34.3. The van der Waals surface area contributed by atoms with E-state index in [-0.39, 0.29) is 18.4 Å². The fraction of sp³-hybridized carbons (Fsp3) is 0.615. The molecule has 0 aromatic carbocycles. The van der Waals surface area contributed by atoms with E-state index in [4.69, 9.17) is 4.74 Å². The number of carbonyl (C=O) groups excluding carboxylic acids is 3. The molecule has 0 bridgehead atoms. The zero-order valence-corrected chi connectivity index (χ0v) is 11.3. The molecule has 0 fully saturated rings. The average molecular weight is 268 g/mol. The zero-order valence-electron chi connectivity index (χ0n) is 11.3. The van der Waals surface area contributed by atoms with Crippen LogP contribution in [0.1, 0.15) is 33.1 Å². The monoisotopic (exact) mass is 268 g/mol. The van der Waals surface area contributed by atoms with Crippen LogP contribution in [-0.2, 0) is 19.1 Å². The van der Waals surface area contributed by atoms with E-state index in [0.717, 1.165) is 5.57 Å². The van der Waals surface area contributed by atoms with Crippen LogP contribution < -0.4 is 10.6 Å². The molecule has 2 amide bonds. The molecule has 2 N–H and O–H groups in total. The van der Waals surface area contributed by atoms with Crippen molar-refractivity contribution in [2.45, 2.75) is 39.2 Å². The first-order chi connectivity index (χ1) is 8.99. The second-order valence-electron chi connectivity index (χ2n) is 4.59. The van der Waals surface area contributed by atoms with Crippen molar-refractivity contribution in [2.24, 2.45) is 0 Å². The lowest BCUT2D eigenvalue weighted by Crippen LogP contribution is -2.41. The van der Waals surface area contributed by atoms with E-state index in [1.807, 2.05) is 6.92 Å². The van der Waals surface area contributed by atoms with Gasteiger partial charge in [-0.15, -0.1) is 0 Å². The normalized spacial score (nSPS) is 22.2. The van der Waals surface area contributed by atoms with Crippen molar-refractivity contribution in [2.75, 3.05) is 13.2 Å². The van der Waals surface area contributed by atoms with Crippen molar-refractivity contribution >= 4 is 17.8 Å². The molecule has 1 aliphatic rings. The van der Waals surface area contributed by atoms with E-state index in [1.54, 1.807) is 0 Å². The smallest absolute Gasteiger partial charge is 0.328 e. The Labute approximate surface area is 112 Å². The van der Waals surface area contributed by atoms with Crippen LogP contribution in [0.3, 0.4) is 0 Å². The molecule has 0 saturated carbocycles. The van der Waals surface area contributed by atoms with E-state index >= 15 is 0 Å². The number of cyclic esters (lactones) is 1. The molecule has 0 radical (unpaired) electrons. The number of ether oxygens (including phenoxy) is 1. The largest absolute Gasteiger partial charge is 0.464 e. The summed E-state index contributed by atoms with van der Waals surface area (Å²) in [6.07, 6.45) is 3.06. The summed E-state index contributed by atoms with van der Waals surface area (Å²) in [5, 5.41) is 5.30. The molecule has 19 heavy (non-hydrogen) atoms. The Bertz CT molecular complexity index is 390. The molecule has 0 unspecified atom stereocenters. The van der Waals surface area contributed by atoms with E-state index in [1.165, 1.54) is 13.0 Å². The Morgan fingerprint density at radius 2 is 2.21 bits per heavy atom. The van der Waals surface area contributed by atoms with Gasteiger partial charge in [0.1, 0.15) is 6.04 Å². The Hall–Kier alpha value is -1.85. The number of hydrogen-bond acceptors (Lipinski definition) is 4. The van der Waals surface area contributed by atoms with Crippen LogP contribution in [0.15, 0.2) is 11.6 Å². The maximum atomic E-state index is 11.8. The van der Waals surface area contributed by atoms with Crippen molar-refractivity contribution in [3.63, 3.8) is 0 Å². The molecule has 1 atom stereocenters. The number of carbonyl (C=O) groups is 3. The number of nitrogens with one attached hydrogen (secondary N) is 2. The highest BCUT2D eigenvalue weighted by Gasteiger charge is 2.20. The highest BCUT2D eigenvalue weighted by Crippen LogP contribution is 2.05. The molecule has 1 aliphatic heterocycles. The van der Waals surface area contributed by atoms with Crippen molar-refractivity contribution in [1.29, 1.82) is 0 Å². The number of esters is 1. The quantitative estimate of drug-likeness (QED) is 0.669. The van der Waals surface area contributed by atoms with Gasteiger partial charge in [0, 0.05) is 26.0 Å². The van der Waals surface area contributed by atoms with Crippen molar-refractivity contribution in [3.05, 3.63) is 11.6 Å². The van der Waals surface area contributed by atoms with Gasteiger partial charge in [-0.1, -0.05) is 5.57 Å². The van der Waals surface area contributed by atoms with Crippen LogP contribution in [0.4, 0.5) is 0 Å². The van der Waals surface area contributed by atoms with Gasteiger partial charge in [-0.2, -0.15) is 0 Å². The van der Waals surface area contributed by atoms with Gasteiger partial charge in [0.15, 0.2) is 0 Å². The fourth-order valence-electron chi connectivity index (χ4n) is 1.77. The molecular formula is C13H20N2O4. The molecule has 0 aromatic heterocycles. The van der Waals surface area contributed by atoms with Crippen LogP contribution >= 0.6 is 0 Å². The van der Waals surface area contributed by atoms with Gasteiger partial charge >= 0.3 is 5.97 Å². The molecule has 0 saturated heterocycles. The van der Waals surface area contributed by atoms with Crippen LogP contribution in [0.25, 0.3) is 0 Å². The Morgan fingerprint density at radius 1 is 1.47 bits per heavy atom. The summed E-state index contributed by atoms with van der Waals surface area (Å²) >= 11 is 0. The highest BCUT2D eigenvalue weighted by molar-refractivity contribution is 5.88. The molecular weight excluding hydrogens is 248 g/mol. The second-order valence-corrected chi connectivity index (χ2v) is 4.59. The Kier molecular flexibility index (Phi) is 6.05. The third-order valence-corrected chi connectivity index (χ3v) is 2.75. The van der Waals surface area contributed by atoms with Crippen molar-refractivity contribution in [3.8, 4) is 0 Å². The van der Waals surface area contributed by atoms with Crippen LogP contribution in [0.5, 0.6) is 0 Å². The Balaban J connectivity index is 2.66. The van der Waals surface area contributed by atoms with Crippen LogP contribution in [-0.4, -0.2) is 37.0 Å². The van der Waals surface area contributed by atoms with E-state index in [2.05, 4.69) is 10.6 Å². The van der Waals surface area contributed by atoms with Gasteiger partial charge in [0.2, 0.25) is 11.8 Å². The minimum Gasteiger partial charge on any atom is -0.464 e. The van der Waals surface area contributed by atoms with Gasteiger partial charge < -0.3 is 15.4 Å². The van der Waals surface area contributed by atoms with Gasteiger partial charge in [0.05, 0.1) is 6.61 Å². The third kappa shape index (κ3) is 6.03. The third-order valence-electron chi connectivity index (χ3n) is 2.75. The second kappa shape index (κ2) is 7.56. The molecule has 106 valence electrons. The van der Waals surface area contributed by atoms with Gasteiger partial charge in [-0.3, -0.25) is 9.59 Å². The predicted molar refractivity (Wildman–Crippen MR) is 69.2 cm³/mol. The lowest BCUT2D eigenvalue weighted by atomic mass is 10.1. The molecule has 0 aromatic rings. The van der Waals surface area contributed by atoms with Crippen LogP contribution in [0.2, 0.25) is 0 Å². The van der Waals surface area contributed by atoms with Gasteiger partial charge in [-0.25, -0.2) is 4.79 Å². The molecule has 1 heterocycles. The summed E-state index contributed by atoms with van der Waals surface area (Å²) in [5.74, 6) is -0.829. The summed E-state index contributed by atoms with van der Waals surface area (Å²) in [6.45, 7) is 3.85. The maximum Gasteiger partial charge on any atom is 0.328 e. The SMILES string of the molecule is CC(=O)N[C@H]1CCCNC(=O)C=C(C)CCOC1=O. The summed E-state index contributed by atoms with van der Waals surface area (Å²) in [6, 6.07) is -0.641. The molecule has 1 rings (SSSR count). The summed E-state index contributed by atoms with van der Waals surface area (Å²) in [5.41, 5.74) is 0.849. The Morgan fingerprint density at radius 3 is 2.89 bits per heavy atom. The van der Waals surface area contributed by atoms with Crippen molar-refractivity contribution in [1.82, 2.24) is 10.6 Å². The van der Waals surface area contributed by atoms with Gasteiger partial charge in [0.25, 0.3) is 0 Å². The first kappa shape index (κ1) is 15.2. The molecule has 0 aliphatic carbocycles. The first-order valence-electron chi connectivity index (χ1n) is 6.38. The van der Waals surface area contributed by atoms with Gasteiger partial charge in [-0.05, 0) is 19.8 Å². The topological polar surface area (TPSA) is 84.5 Å². The van der Waals surface area contributed by atoms with E-state index in [0.29, 0.717) is 25.8 Å². The lowest BCUT2D eigenvalue weighted by Gasteiger charge is -2.17. The zero-order chi connectivity index (χ0) is 14.3. The average Bonchev–Trinajstić information content (AvgIpc) is 2.31. The van der Waals surface area contributed by atoms with Crippen LogP contribution in [0, 0.1) is 0 Å². The number of rotatable bonds is 1. The first-order valence-corrected chi connectivity index (χ1v) is 6.38. The summed E-state index contributed by atoms with van der Waals surface area (Å²) < 4.78 is 5.11. The molecule has 6 heteroatoms. The predicted octanol–water partition coefficient (Wildman–Crippen LogP) is 0.281. The number of amides is 2. The standard InChI is InChI=1S/C13H20N2O4/c1-9-5-7-19-13(18)11(15-10(2)16)4-3-6-14-12(17)8-9/h8,11H,3-7H2,1-2H3,(H,14,17)(H,15,16)/t11-/m0/s1. The maximum absolute atomic E-state index is 11.8. The summed E-state index contributed by atoms with van der Waals surface area (Å²) in [7, 11) is 0. The molecule has 0 spiro atoms. The highest BCUT2D eigenvalue weighted by atomic mass is 16.5. The van der Waals surface area contributed by atoms with Crippen molar-refractivity contribution < 1.29 is 19.1 Å². The molecule has 6 nitrogen and oxygen atoms in total. The minimum atomic E-state index is -0.641. The number of hydrogen-bond donors (Lipinski definition) is 2. The van der Waals surface area contributed by atoms with E-state index < -0.39 is 12.0 Å². The van der Waals surface area contributed by atoms with E-state index in [9.17, 15) is 14.4 Å². The minimum absolute atomic E-state index is 0.138. The fourth-order valence-corrected chi connectivity index (χ4v) is 1.77.